The van der Waals surface area contributed by atoms with Gasteiger partial charge in [-0.1, -0.05) is 5.16 Å². The van der Waals surface area contributed by atoms with Gasteiger partial charge in [0.25, 0.3) is 5.89 Å². The van der Waals surface area contributed by atoms with Gasteiger partial charge in [0.05, 0.1) is 0 Å². The highest BCUT2D eigenvalue weighted by Gasteiger charge is 2.11. The van der Waals surface area contributed by atoms with E-state index in [-0.39, 0.29) is 5.89 Å². The number of benzene rings is 1. The van der Waals surface area contributed by atoms with Gasteiger partial charge >= 0.3 is 0 Å². The summed E-state index contributed by atoms with van der Waals surface area (Å²) in [5.41, 5.74) is 0.368. The Kier molecular flexibility index (Phi) is 3.43. The molecule has 1 aromatic heterocycles. The fraction of sp³-hybridized carbons (Fsp3) is 0.273. The molecule has 1 N–H and O–H groups in total. The summed E-state index contributed by atoms with van der Waals surface area (Å²) in [6, 6.07) is 3.46. The first-order valence-electron chi connectivity index (χ1n) is 5.13. The molecule has 0 saturated carbocycles. The second kappa shape index (κ2) is 5.01. The van der Waals surface area contributed by atoms with Crippen LogP contribution in [0.2, 0.25) is 0 Å². The third kappa shape index (κ3) is 2.65. The van der Waals surface area contributed by atoms with Gasteiger partial charge in [0.15, 0.2) is 17.5 Å². The van der Waals surface area contributed by atoms with Crippen molar-refractivity contribution in [3.05, 3.63) is 35.7 Å². The molecule has 0 unspecified atom stereocenters. The van der Waals surface area contributed by atoms with Crippen LogP contribution < -0.4 is 5.32 Å². The van der Waals surface area contributed by atoms with Gasteiger partial charge in [-0.3, -0.25) is 0 Å². The first-order valence-corrected chi connectivity index (χ1v) is 5.13. The second-order valence-corrected chi connectivity index (χ2v) is 3.50. The third-order valence-corrected chi connectivity index (χ3v) is 2.23. The second-order valence-electron chi connectivity index (χ2n) is 3.50. The fourth-order valence-electron chi connectivity index (χ4n) is 1.34. The maximum atomic E-state index is 13.0. The van der Waals surface area contributed by atoms with Crippen molar-refractivity contribution in [1.82, 2.24) is 15.5 Å². The van der Waals surface area contributed by atoms with E-state index in [0.29, 0.717) is 17.8 Å². The van der Waals surface area contributed by atoms with Crippen LogP contribution in [0.1, 0.15) is 5.82 Å². The minimum absolute atomic E-state index is 0.190. The van der Waals surface area contributed by atoms with Gasteiger partial charge in [-0.05, 0) is 25.2 Å². The van der Waals surface area contributed by atoms with E-state index in [1.165, 1.54) is 6.07 Å². The molecule has 4 nitrogen and oxygen atoms in total. The van der Waals surface area contributed by atoms with Crippen molar-refractivity contribution in [3.63, 3.8) is 0 Å². The summed E-state index contributed by atoms with van der Waals surface area (Å²) in [5, 5.41) is 6.69. The van der Waals surface area contributed by atoms with Crippen LogP contribution in [0.15, 0.2) is 22.7 Å². The number of halogens is 2. The molecule has 0 fully saturated rings. The standard InChI is InChI=1S/C11H11F2N3O/c1-14-5-4-10-15-11(17-16-10)7-2-3-8(12)9(13)6-7/h2-3,6,14H,4-5H2,1H3. The smallest absolute Gasteiger partial charge is 0.258 e. The van der Waals surface area contributed by atoms with Crippen LogP contribution in [0.25, 0.3) is 11.5 Å². The van der Waals surface area contributed by atoms with E-state index in [9.17, 15) is 8.78 Å². The molecule has 2 aromatic rings. The predicted molar refractivity (Wildman–Crippen MR) is 57.3 cm³/mol. The Bertz CT molecular complexity index is 513. The van der Waals surface area contributed by atoms with E-state index in [2.05, 4.69) is 15.5 Å². The topological polar surface area (TPSA) is 51.0 Å². The predicted octanol–water partition coefficient (Wildman–Crippen LogP) is 1.78. The molecule has 0 amide bonds. The first kappa shape index (κ1) is 11.7. The number of hydrogen-bond donors (Lipinski definition) is 1. The van der Waals surface area contributed by atoms with E-state index < -0.39 is 11.6 Å². The summed E-state index contributed by atoms with van der Waals surface area (Å²) < 4.78 is 30.7. The van der Waals surface area contributed by atoms with Crippen molar-refractivity contribution in [1.29, 1.82) is 0 Å². The lowest BCUT2D eigenvalue weighted by atomic mass is 10.2. The van der Waals surface area contributed by atoms with Crippen molar-refractivity contribution >= 4 is 0 Å². The average molecular weight is 239 g/mol. The first-order chi connectivity index (χ1) is 8.20. The Balaban J connectivity index is 2.21. The van der Waals surface area contributed by atoms with Crippen LogP contribution in [0.4, 0.5) is 8.78 Å². The van der Waals surface area contributed by atoms with Crippen LogP contribution in [0, 0.1) is 11.6 Å². The zero-order chi connectivity index (χ0) is 12.3. The van der Waals surface area contributed by atoms with Gasteiger partial charge in [-0.2, -0.15) is 4.98 Å². The molecule has 0 bridgehead atoms. The number of aromatic nitrogens is 2. The molecular formula is C11H11F2N3O. The van der Waals surface area contributed by atoms with Crippen LogP contribution in [-0.4, -0.2) is 23.7 Å². The summed E-state index contributed by atoms with van der Waals surface area (Å²) in [4.78, 5) is 4.08. The molecule has 90 valence electrons. The molecule has 0 saturated heterocycles. The summed E-state index contributed by atoms with van der Waals surface area (Å²) in [6.07, 6.45) is 0.615. The number of nitrogens with zero attached hydrogens (tertiary/aromatic N) is 2. The molecule has 0 aliphatic carbocycles. The monoisotopic (exact) mass is 239 g/mol. The molecular weight excluding hydrogens is 228 g/mol. The summed E-state index contributed by atoms with van der Waals surface area (Å²) in [7, 11) is 1.82. The van der Waals surface area contributed by atoms with Crippen molar-refractivity contribution in [2.45, 2.75) is 6.42 Å². The third-order valence-electron chi connectivity index (χ3n) is 2.23. The lowest BCUT2D eigenvalue weighted by molar-refractivity contribution is 0.421. The Hall–Kier alpha value is -1.82. The maximum absolute atomic E-state index is 13.0. The van der Waals surface area contributed by atoms with Crippen molar-refractivity contribution in [3.8, 4) is 11.5 Å². The molecule has 0 aliphatic heterocycles. The molecule has 1 heterocycles. The fourth-order valence-corrected chi connectivity index (χ4v) is 1.34. The molecule has 0 atom stereocenters. The Morgan fingerprint density at radius 1 is 1.29 bits per heavy atom. The number of likely N-dealkylation sites (N-methyl/N-ethyl adjacent to an activating group) is 1. The Labute approximate surface area is 96.6 Å². The Morgan fingerprint density at radius 2 is 2.12 bits per heavy atom. The van der Waals surface area contributed by atoms with Crippen molar-refractivity contribution in [2.24, 2.45) is 0 Å². The highest BCUT2D eigenvalue weighted by molar-refractivity contribution is 5.52. The largest absolute Gasteiger partial charge is 0.334 e. The lowest BCUT2D eigenvalue weighted by Crippen LogP contribution is -2.10. The highest BCUT2D eigenvalue weighted by Crippen LogP contribution is 2.19. The molecule has 6 heteroatoms. The van der Waals surface area contributed by atoms with Gasteiger partial charge in [-0.25, -0.2) is 8.78 Å². The lowest BCUT2D eigenvalue weighted by Gasteiger charge is -1.95. The van der Waals surface area contributed by atoms with Gasteiger partial charge in [-0.15, -0.1) is 0 Å². The van der Waals surface area contributed by atoms with Gasteiger partial charge in [0.2, 0.25) is 0 Å². The van der Waals surface area contributed by atoms with Crippen LogP contribution in [0.3, 0.4) is 0 Å². The maximum Gasteiger partial charge on any atom is 0.258 e. The summed E-state index contributed by atoms with van der Waals surface area (Å²) >= 11 is 0. The van der Waals surface area contributed by atoms with E-state index in [4.69, 9.17) is 4.52 Å². The molecule has 17 heavy (non-hydrogen) atoms. The molecule has 0 radical (unpaired) electrons. The minimum atomic E-state index is -0.933. The van der Waals surface area contributed by atoms with E-state index >= 15 is 0 Å². The van der Waals surface area contributed by atoms with E-state index in [1.807, 2.05) is 7.05 Å². The van der Waals surface area contributed by atoms with Crippen LogP contribution in [0.5, 0.6) is 0 Å². The van der Waals surface area contributed by atoms with Crippen LogP contribution in [-0.2, 0) is 6.42 Å². The Morgan fingerprint density at radius 3 is 2.82 bits per heavy atom. The SMILES string of the molecule is CNCCc1noc(-c2ccc(F)c(F)c2)n1. The quantitative estimate of drug-likeness (QED) is 0.883. The number of rotatable bonds is 4. The molecule has 0 aliphatic rings. The van der Waals surface area contributed by atoms with E-state index in [1.54, 1.807) is 0 Å². The summed E-state index contributed by atoms with van der Waals surface area (Å²) in [5.74, 6) is -1.12. The van der Waals surface area contributed by atoms with Crippen LogP contribution >= 0.6 is 0 Å². The van der Waals surface area contributed by atoms with Crippen molar-refractivity contribution in [2.75, 3.05) is 13.6 Å². The molecule has 1 aromatic carbocycles. The summed E-state index contributed by atoms with van der Waals surface area (Å²) in [6.45, 7) is 0.719. The highest BCUT2D eigenvalue weighted by atomic mass is 19.2. The van der Waals surface area contributed by atoms with Crippen molar-refractivity contribution < 1.29 is 13.3 Å². The molecule has 2 rings (SSSR count). The number of nitrogens with one attached hydrogen (secondary N) is 1. The zero-order valence-corrected chi connectivity index (χ0v) is 9.20. The van der Waals surface area contributed by atoms with Gasteiger partial charge < -0.3 is 9.84 Å². The number of hydrogen-bond acceptors (Lipinski definition) is 4. The zero-order valence-electron chi connectivity index (χ0n) is 9.20. The minimum Gasteiger partial charge on any atom is -0.334 e. The van der Waals surface area contributed by atoms with Gasteiger partial charge in [0.1, 0.15) is 0 Å². The molecule has 0 spiro atoms. The van der Waals surface area contributed by atoms with E-state index in [0.717, 1.165) is 18.7 Å². The average Bonchev–Trinajstić information content (AvgIpc) is 2.79. The van der Waals surface area contributed by atoms with Gasteiger partial charge in [0, 0.05) is 18.5 Å². The normalized spacial score (nSPS) is 10.8.